The van der Waals surface area contributed by atoms with E-state index in [0.717, 1.165) is 11.3 Å². The van der Waals surface area contributed by atoms with E-state index in [0.29, 0.717) is 23.5 Å². The van der Waals surface area contributed by atoms with Gasteiger partial charge in [0.25, 0.3) is 5.69 Å². The molecule has 152 valence electrons. The number of nitrogens with zero attached hydrogens (tertiary/aromatic N) is 2. The van der Waals surface area contributed by atoms with E-state index in [2.05, 4.69) is 10.6 Å². The Morgan fingerprint density at radius 2 is 2.00 bits per heavy atom. The monoisotopic (exact) mass is 398 g/mol. The third-order valence-corrected chi connectivity index (χ3v) is 4.74. The van der Waals surface area contributed by atoms with Crippen molar-refractivity contribution in [3.8, 4) is 5.75 Å². The summed E-state index contributed by atoms with van der Waals surface area (Å²) in [6, 6.07) is 9.69. The molecule has 2 N–H and O–H groups in total. The van der Waals surface area contributed by atoms with Crippen LogP contribution in [0.2, 0.25) is 0 Å². The van der Waals surface area contributed by atoms with Gasteiger partial charge in [0.15, 0.2) is 0 Å². The molecule has 1 aliphatic rings. The van der Waals surface area contributed by atoms with Gasteiger partial charge in [-0.25, -0.2) is 0 Å². The predicted molar refractivity (Wildman–Crippen MR) is 110 cm³/mol. The molecule has 2 aromatic rings. The smallest absolute Gasteiger partial charge is 0.269 e. The second kappa shape index (κ2) is 8.17. The van der Waals surface area contributed by atoms with Crippen LogP contribution in [0.4, 0.5) is 22.7 Å². The van der Waals surface area contributed by atoms with Crippen LogP contribution in [0.15, 0.2) is 36.4 Å². The summed E-state index contributed by atoms with van der Waals surface area (Å²) in [4.78, 5) is 36.5. The molecule has 0 spiro atoms. The predicted octanol–water partition coefficient (Wildman–Crippen LogP) is 2.95. The van der Waals surface area contributed by atoms with Crippen molar-refractivity contribution in [3.05, 3.63) is 52.1 Å². The number of carbonyl (C=O) groups excluding carboxylic acids is 2. The molecule has 1 heterocycles. The lowest BCUT2D eigenvalue weighted by molar-refractivity contribution is -0.384. The number of anilines is 3. The molecule has 1 atom stereocenters. The van der Waals surface area contributed by atoms with Gasteiger partial charge in [-0.3, -0.25) is 19.7 Å². The summed E-state index contributed by atoms with van der Waals surface area (Å²) >= 11 is 0. The Labute approximate surface area is 167 Å². The average Bonchev–Trinajstić information content (AvgIpc) is 2.96. The number of ether oxygens (including phenoxy) is 1. The third-order valence-electron chi connectivity index (χ3n) is 4.74. The Kier molecular flexibility index (Phi) is 5.67. The Morgan fingerprint density at radius 3 is 2.66 bits per heavy atom. The number of nitro benzene ring substituents is 1. The molecular weight excluding hydrogens is 376 g/mol. The maximum absolute atomic E-state index is 12.7. The van der Waals surface area contributed by atoms with Crippen LogP contribution >= 0.6 is 0 Å². The van der Waals surface area contributed by atoms with Crippen LogP contribution < -0.4 is 20.3 Å². The molecule has 9 heteroatoms. The first-order chi connectivity index (χ1) is 13.8. The van der Waals surface area contributed by atoms with Crippen LogP contribution in [-0.4, -0.2) is 36.4 Å². The summed E-state index contributed by atoms with van der Waals surface area (Å²) in [5.41, 5.74) is 2.70. The summed E-state index contributed by atoms with van der Waals surface area (Å²) in [5, 5.41) is 16.5. The zero-order valence-corrected chi connectivity index (χ0v) is 16.4. The van der Waals surface area contributed by atoms with Crippen molar-refractivity contribution < 1.29 is 19.2 Å². The molecule has 0 fully saturated rings. The summed E-state index contributed by atoms with van der Waals surface area (Å²) < 4.78 is 5.28. The highest BCUT2D eigenvalue weighted by Gasteiger charge is 2.29. The lowest BCUT2D eigenvalue weighted by Crippen LogP contribution is -2.37. The molecule has 1 aliphatic heterocycles. The average molecular weight is 398 g/mol. The topological polar surface area (TPSA) is 114 Å². The van der Waals surface area contributed by atoms with Crippen molar-refractivity contribution in [3.63, 3.8) is 0 Å². The lowest BCUT2D eigenvalue weighted by Gasteiger charge is -2.24. The van der Waals surface area contributed by atoms with Crippen molar-refractivity contribution in [1.29, 1.82) is 0 Å². The van der Waals surface area contributed by atoms with Crippen molar-refractivity contribution >= 4 is 34.6 Å². The molecule has 0 saturated heterocycles. The van der Waals surface area contributed by atoms with E-state index < -0.39 is 4.92 Å². The van der Waals surface area contributed by atoms with E-state index in [9.17, 15) is 19.7 Å². The number of hydrogen-bond donors (Lipinski definition) is 2. The van der Waals surface area contributed by atoms with E-state index in [1.54, 1.807) is 30.3 Å². The van der Waals surface area contributed by atoms with Crippen LogP contribution in [0, 0.1) is 10.1 Å². The number of non-ortho nitro benzene ring substituents is 1. The molecule has 9 nitrogen and oxygen atoms in total. The van der Waals surface area contributed by atoms with Gasteiger partial charge in [0, 0.05) is 36.5 Å². The fourth-order valence-corrected chi connectivity index (χ4v) is 3.47. The van der Waals surface area contributed by atoms with Gasteiger partial charge < -0.3 is 20.3 Å². The van der Waals surface area contributed by atoms with Crippen LogP contribution in [0.25, 0.3) is 0 Å². The van der Waals surface area contributed by atoms with Gasteiger partial charge in [-0.05, 0) is 43.2 Å². The third kappa shape index (κ3) is 4.45. The van der Waals surface area contributed by atoms with Crippen molar-refractivity contribution in [2.45, 2.75) is 26.3 Å². The number of fused-ring (bicyclic) bond motifs is 1. The molecule has 0 saturated carbocycles. The number of benzene rings is 2. The Balaban J connectivity index is 1.76. The highest BCUT2D eigenvalue weighted by atomic mass is 16.6. The number of amides is 2. The van der Waals surface area contributed by atoms with E-state index >= 15 is 0 Å². The standard InChI is InChI=1S/C20H22N4O5/c1-12-8-14-9-16(24(27)28)5-6-18(14)23(12)11-20(26)22-17-10-15(21-13(2)25)4-7-19(17)29-3/h4-7,9-10,12H,8,11H2,1-3H3,(H,21,25)(H,22,26)/t12-/m0/s1. The van der Waals surface area contributed by atoms with Crippen molar-refractivity contribution in [1.82, 2.24) is 0 Å². The second-order valence-electron chi connectivity index (χ2n) is 6.90. The maximum atomic E-state index is 12.7. The number of carbonyl (C=O) groups is 2. The van der Waals surface area contributed by atoms with Crippen LogP contribution in [0.1, 0.15) is 19.4 Å². The molecule has 0 aromatic heterocycles. The molecule has 29 heavy (non-hydrogen) atoms. The molecular formula is C20H22N4O5. The fourth-order valence-electron chi connectivity index (χ4n) is 3.47. The van der Waals surface area contributed by atoms with Gasteiger partial charge in [0.1, 0.15) is 5.75 Å². The second-order valence-corrected chi connectivity index (χ2v) is 6.90. The minimum absolute atomic E-state index is 0.0327. The highest BCUT2D eigenvalue weighted by Crippen LogP contribution is 2.35. The van der Waals surface area contributed by atoms with Gasteiger partial charge in [0.05, 0.1) is 24.3 Å². The normalized spacial score (nSPS) is 14.9. The summed E-state index contributed by atoms with van der Waals surface area (Å²) in [6.45, 7) is 3.45. The van der Waals surface area contributed by atoms with Gasteiger partial charge in [-0.1, -0.05) is 0 Å². The molecule has 0 unspecified atom stereocenters. The van der Waals surface area contributed by atoms with E-state index in [1.165, 1.54) is 20.1 Å². The first kappa shape index (κ1) is 20.1. The Bertz CT molecular complexity index is 975. The zero-order chi connectivity index (χ0) is 21.1. The minimum Gasteiger partial charge on any atom is -0.495 e. The molecule has 0 aliphatic carbocycles. The van der Waals surface area contributed by atoms with Gasteiger partial charge in [-0.15, -0.1) is 0 Å². The van der Waals surface area contributed by atoms with Crippen molar-refractivity contribution in [2.24, 2.45) is 0 Å². The highest BCUT2D eigenvalue weighted by molar-refractivity contribution is 5.97. The largest absolute Gasteiger partial charge is 0.495 e. The Morgan fingerprint density at radius 1 is 1.24 bits per heavy atom. The van der Waals surface area contributed by atoms with Gasteiger partial charge in [0.2, 0.25) is 11.8 Å². The molecule has 2 aromatic carbocycles. The van der Waals surface area contributed by atoms with E-state index in [4.69, 9.17) is 4.74 Å². The van der Waals surface area contributed by atoms with Crippen LogP contribution in [-0.2, 0) is 16.0 Å². The molecule has 0 radical (unpaired) electrons. The fraction of sp³-hybridized carbons (Fsp3) is 0.300. The number of hydrogen-bond acceptors (Lipinski definition) is 6. The number of nitrogens with one attached hydrogen (secondary N) is 2. The maximum Gasteiger partial charge on any atom is 0.269 e. The first-order valence-corrected chi connectivity index (χ1v) is 9.08. The van der Waals surface area contributed by atoms with Gasteiger partial charge in [-0.2, -0.15) is 0 Å². The molecule has 3 rings (SSSR count). The summed E-state index contributed by atoms with van der Waals surface area (Å²) in [6.07, 6.45) is 0.631. The zero-order valence-electron chi connectivity index (χ0n) is 16.4. The molecule has 0 bridgehead atoms. The molecule has 2 amide bonds. The summed E-state index contributed by atoms with van der Waals surface area (Å²) in [5.74, 6) is -0.0108. The summed E-state index contributed by atoms with van der Waals surface area (Å²) in [7, 11) is 1.49. The minimum atomic E-state index is -0.422. The SMILES string of the molecule is COc1ccc(NC(C)=O)cc1NC(=O)CN1c2ccc([N+](=O)[O-])cc2C[C@@H]1C. The van der Waals surface area contributed by atoms with Crippen LogP contribution in [0.3, 0.4) is 0 Å². The quantitative estimate of drug-likeness (QED) is 0.571. The first-order valence-electron chi connectivity index (χ1n) is 9.08. The number of nitro groups is 1. The van der Waals surface area contributed by atoms with Gasteiger partial charge >= 0.3 is 0 Å². The van der Waals surface area contributed by atoms with Crippen molar-refractivity contribution in [2.75, 3.05) is 29.2 Å². The number of methoxy groups -OCH3 is 1. The number of rotatable bonds is 6. The Hall–Kier alpha value is -3.62. The van der Waals surface area contributed by atoms with Crippen LogP contribution in [0.5, 0.6) is 5.75 Å². The van der Waals surface area contributed by atoms with E-state index in [-0.39, 0.29) is 30.1 Å². The van der Waals surface area contributed by atoms with E-state index in [1.807, 2.05) is 11.8 Å². The lowest BCUT2D eigenvalue weighted by atomic mass is 10.1.